The van der Waals surface area contributed by atoms with Crippen molar-refractivity contribution in [2.24, 2.45) is 0 Å². The normalized spacial score (nSPS) is 15.6. The van der Waals surface area contributed by atoms with Crippen LogP contribution in [0.15, 0.2) is 54.7 Å². The molecule has 1 atom stereocenters. The van der Waals surface area contributed by atoms with E-state index in [9.17, 15) is 9.90 Å². The summed E-state index contributed by atoms with van der Waals surface area (Å²) in [6.07, 6.45) is 2.72. The molecule has 2 heterocycles. The first-order valence-electron chi connectivity index (χ1n) is 8.02. The average molecular weight is 348 g/mol. The lowest BCUT2D eigenvalue weighted by molar-refractivity contribution is 0.0600. The summed E-state index contributed by atoms with van der Waals surface area (Å²) in [6, 6.07) is 14.6. The van der Waals surface area contributed by atoms with Gasteiger partial charge in [-0.15, -0.1) is 5.10 Å². The van der Waals surface area contributed by atoms with Gasteiger partial charge in [-0.2, -0.15) is 0 Å². The van der Waals surface area contributed by atoms with Gasteiger partial charge in [0.2, 0.25) is 0 Å². The molecule has 2 aromatic carbocycles. The number of para-hydroxylation sites is 1. The minimum Gasteiger partial charge on any atom is -0.465 e. The van der Waals surface area contributed by atoms with Crippen LogP contribution in [0.4, 0.5) is 5.69 Å². The van der Waals surface area contributed by atoms with Crippen LogP contribution in [0, 0.1) is 0 Å². The number of aliphatic hydroxyl groups excluding tert-OH is 1. The number of nitrogens with zero attached hydrogens (tertiary/aromatic N) is 3. The van der Waals surface area contributed by atoms with Crippen molar-refractivity contribution < 1.29 is 14.6 Å². The topological polar surface area (TPSA) is 89.3 Å². The molecular formula is C19H16N4O3. The molecule has 4 rings (SSSR count). The highest BCUT2D eigenvalue weighted by Crippen LogP contribution is 2.30. The van der Waals surface area contributed by atoms with Crippen LogP contribution < -0.4 is 5.32 Å². The smallest absolute Gasteiger partial charge is 0.337 e. The van der Waals surface area contributed by atoms with Crippen molar-refractivity contribution in [3.8, 4) is 5.69 Å². The molecular weight excluding hydrogens is 332 g/mol. The first kappa shape index (κ1) is 16.0. The maximum atomic E-state index is 11.7. The summed E-state index contributed by atoms with van der Waals surface area (Å²) < 4.78 is 6.29. The zero-order valence-electron chi connectivity index (χ0n) is 14.0. The molecule has 0 radical (unpaired) electrons. The van der Waals surface area contributed by atoms with Gasteiger partial charge < -0.3 is 15.2 Å². The number of carbonyl (C=O) groups is 1. The fourth-order valence-corrected chi connectivity index (χ4v) is 2.86. The Bertz CT molecular complexity index is 1010. The van der Waals surface area contributed by atoms with Crippen LogP contribution in [0.3, 0.4) is 0 Å². The summed E-state index contributed by atoms with van der Waals surface area (Å²) in [6.45, 7) is 0. The minimum atomic E-state index is -0.878. The van der Waals surface area contributed by atoms with Gasteiger partial charge in [0.1, 0.15) is 5.69 Å². The number of hydrogen-bond acceptors (Lipinski definition) is 6. The molecule has 130 valence electrons. The highest BCUT2D eigenvalue weighted by atomic mass is 16.5. The van der Waals surface area contributed by atoms with Gasteiger partial charge in [0.25, 0.3) is 0 Å². The third kappa shape index (κ3) is 2.84. The third-order valence-corrected chi connectivity index (χ3v) is 4.18. The zero-order valence-corrected chi connectivity index (χ0v) is 14.0. The molecule has 7 nitrogen and oxygen atoms in total. The molecule has 3 aromatic rings. The van der Waals surface area contributed by atoms with Crippen LogP contribution in [0.25, 0.3) is 17.3 Å². The summed E-state index contributed by atoms with van der Waals surface area (Å²) in [4.78, 5) is 11.7. The fourth-order valence-electron chi connectivity index (χ4n) is 2.86. The molecule has 2 N–H and O–H groups in total. The van der Waals surface area contributed by atoms with E-state index in [2.05, 4.69) is 15.6 Å². The van der Waals surface area contributed by atoms with Crippen LogP contribution in [0.1, 0.15) is 21.6 Å². The number of esters is 1. The highest BCUT2D eigenvalue weighted by Gasteiger charge is 2.22. The van der Waals surface area contributed by atoms with Crippen molar-refractivity contribution in [3.63, 3.8) is 0 Å². The van der Waals surface area contributed by atoms with Gasteiger partial charge in [0.05, 0.1) is 24.6 Å². The predicted molar refractivity (Wildman–Crippen MR) is 96.6 cm³/mol. The van der Waals surface area contributed by atoms with Crippen molar-refractivity contribution in [1.82, 2.24) is 15.0 Å². The lowest BCUT2D eigenvalue weighted by atomic mass is 10.0. The predicted octanol–water partition coefficient (Wildman–Crippen LogP) is 2.34. The second kappa shape index (κ2) is 6.45. The summed E-state index contributed by atoms with van der Waals surface area (Å²) in [5.41, 5.74) is 4.10. The molecule has 1 aliphatic rings. The number of anilines is 1. The van der Waals surface area contributed by atoms with Crippen molar-refractivity contribution in [2.75, 3.05) is 12.4 Å². The van der Waals surface area contributed by atoms with E-state index in [1.807, 2.05) is 36.4 Å². The number of rotatable bonds is 3. The maximum absolute atomic E-state index is 11.7. The molecule has 7 heteroatoms. The lowest BCUT2D eigenvalue weighted by Gasteiger charge is -2.22. The average Bonchev–Trinajstić information content (AvgIpc) is 3.17. The summed E-state index contributed by atoms with van der Waals surface area (Å²) in [7, 11) is 1.34. The summed E-state index contributed by atoms with van der Waals surface area (Å²) in [5, 5.41) is 21.7. The number of benzene rings is 2. The van der Waals surface area contributed by atoms with Gasteiger partial charge >= 0.3 is 5.97 Å². The lowest BCUT2D eigenvalue weighted by Crippen LogP contribution is -2.24. The fraction of sp³-hybridized carbons (Fsp3) is 0.105. The monoisotopic (exact) mass is 348 g/mol. The molecule has 1 aromatic heterocycles. The van der Waals surface area contributed by atoms with Crippen LogP contribution in [-0.2, 0) is 4.74 Å². The molecule has 0 saturated carbocycles. The third-order valence-electron chi connectivity index (χ3n) is 4.18. The van der Waals surface area contributed by atoms with Gasteiger partial charge in [-0.05, 0) is 35.9 Å². The molecule has 0 aliphatic carbocycles. The van der Waals surface area contributed by atoms with E-state index in [0.717, 1.165) is 11.3 Å². The zero-order chi connectivity index (χ0) is 18.1. The standard InChI is InChI=1S/C19H16N4O3/c1-26-19(25)13-6-4-7-14(9-13)23-11-17(21-22-23)15-10-12-5-2-3-8-16(12)20-18(15)24/h2-11,18,20,24H,1H3. The Balaban J connectivity index is 1.69. The molecule has 0 amide bonds. The van der Waals surface area contributed by atoms with E-state index in [-0.39, 0.29) is 0 Å². The number of carbonyl (C=O) groups excluding carboxylic acids is 1. The molecule has 1 aliphatic heterocycles. The second-order valence-electron chi connectivity index (χ2n) is 5.82. The van der Waals surface area contributed by atoms with E-state index < -0.39 is 12.2 Å². The molecule has 0 spiro atoms. The van der Waals surface area contributed by atoms with Crippen molar-refractivity contribution in [1.29, 1.82) is 0 Å². The number of aliphatic hydroxyl groups is 1. The molecule has 1 unspecified atom stereocenters. The Kier molecular flexibility index (Phi) is 3.98. The van der Waals surface area contributed by atoms with Gasteiger partial charge in [-0.3, -0.25) is 0 Å². The Morgan fingerprint density at radius 3 is 2.92 bits per heavy atom. The highest BCUT2D eigenvalue weighted by molar-refractivity contribution is 5.91. The van der Waals surface area contributed by atoms with Gasteiger partial charge in [-0.25, -0.2) is 9.48 Å². The van der Waals surface area contributed by atoms with Crippen LogP contribution in [0.5, 0.6) is 0 Å². The van der Waals surface area contributed by atoms with E-state index >= 15 is 0 Å². The first-order valence-corrected chi connectivity index (χ1v) is 8.02. The number of hydrogen-bond donors (Lipinski definition) is 2. The van der Waals surface area contributed by atoms with Crippen molar-refractivity contribution >= 4 is 23.3 Å². The molecule has 0 fully saturated rings. The maximum Gasteiger partial charge on any atom is 0.337 e. The first-order chi connectivity index (χ1) is 12.7. The Hall–Kier alpha value is -3.45. The number of fused-ring (bicyclic) bond motifs is 1. The largest absolute Gasteiger partial charge is 0.465 e. The summed E-state index contributed by atoms with van der Waals surface area (Å²) in [5.74, 6) is -0.418. The van der Waals surface area contributed by atoms with Crippen molar-refractivity contribution in [3.05, 3.63) is 71.5 Å². The van der Waals surface area contributed by atoms with E-state index in [0.29, 0.717) is 22.5 Å². The van der Waals surface area contributed by atoms with Crippen LogP contribution in [-0.4, -0.2) is 39.4 Å². The van der Waals surface area contributed by atoms with Crippen molar-refractivity contribution in [2.45, 2.75) is 6.23 Å². The van der Waals surface area contributed by atoms with Gasteiger partial charge in [0, 0.05) is 11.3 Å². The Morgan fingerprint density at radius 1 is 1.23 bits per heavy atom. The number of ether oxygens (including phenoxy) is 1. The van der Waals surface area contributed by atoms with Crippen LogP contribution in [0.2, 0.25) is 0 Å². The SMILES string of the molecule is COC(=O)c1cccc(-n2cc(C3=Cc4ccccc4NC3O)nn2)c1. The van der Waals surface area contributed by atoms with Gasteiger partial charge in [-0.1, -0.05) is 29.5 Å². The molecule has 0 bridgehead atoms. The van der Waals surface area contributed by atoms with Gasteiger partial charge in [0.15, 0.2) is 6.23 Å². The minimum absolute atomic E-state index is 0.418. The second-order valence-corrected chi connectivity index (χ2v) is 5.82. The number of aromatic nitrogens is 3. The van der Waals surface area contributed by atoms with Crippen LogP contribution >= 0.6 is 0 Å². The molecule has 0 saturated heterocycles. The number of methoxy groups -OCH3 is 1. The van der Waals surface area contributed by atoms with E-state index in [1.54, 1.807) is 29.1 Å². The van der Waals surface area contributed by atoms with E-state index in [1.165, 1.54) is 7.11 Å². The Labute approximate surface area is 149 Å². The quantitative estimate of drug-likeness (QED) is 0.706. The number of nitrogens with one attached hydrogen (secondary N) is 1. The molecule has 26 heavy (non-hydrogen) atoms. The Morgan fingerprint density at radius 2 is 2.08 bits per heavy atom. The summed E-state index contributed by atoms with van der Waals surface area (Å²) >= 11 is 0. The van der Waals surface area contributed by atoms with E-state index in [4.69, 9.17) is 4.74 Å².